The molecule has 196 valence electrons. The van der Waals surface area contributed by atoms with Crippen molar-refractivity contribution in [3.8, 4) is 23.1 Å². The van der Waals surface area contributed by atoms with Gasteiger partial charge in [0.05, 0.1) is 43.5 Å². The van der Waals surface area contributed by atoms with Crippen LogP contribution in [0.3, 0.4) is 0 Å². The zero-order valence-corrected chi connectivity index (χ0v) is 22.1. The summed E-state index contributed by atoms with van der Waals surface area (Å²) in [6.45, 7) is 1.92. The Bertz CT molecular complexity index is 1710. The van der Waals surface area contributed by atoms with Crippen molar-refractivity contribution in [1.82, 2.24) is 24.3 Å². The molecular weight excluding hydrogens is 488 g/mol. The molecule has 2 aromatic carbocycles. The molecule has 3 heterocycles. The SMILES string of the molecule is COc1ccc2cc([C@H](C)C(=O)n3ccc4c(-c5cnn([C@H](CC#N)C6CCCC6)c5)ncnc43)ccc2c1. The van der Waals surface area contributed by atoms with Gasteiger partial charge in [0.2, 0.25) is 5.91 Å². The number of nitriles is 1. The minimum absolute atomic E-state index is 0.0616. The number of aromatic nitrogens is 5. The van der Waals surface area contributed by atoms with Gasteiger partial charge in [-0.15, -0.1) is 0 Å². The summed E-state index contributed by atoms with van der Waals surface area (Å²) >= 11 is 0. The fraction of sp³-hybridized carbons (Fsp3) is 0.323. The Morgan fingerprint density at radius 3 is 2.72 bits per heavy atom. The molecule has 6 rings (SSSR count). The number of carbonyl (C=O) groups excluding carboxylic acids is 1. The van der Waals surface area contributed by atoms with E-state index >= 15 is 0 Å². The van der Waals surface area contributed by atoms with Gasteiger partial charge in [-0.3, -0.25) is 14.0 Å². The molecule has 3 aromatic heterocycles. The molecule has 0 bridgehead atoms. The van der Waals surface area contributed by atoms with Gasteiger partial charge in [0.1, 0.15) is 12.1 Å². The minimum atomic E-state index is -0.369. The molecule has 0 unspecified atom stereocenters. The van der Waals surface area contributed by atoms with Crippen molar-refractivity contribution in [3.63, 3.8) is 0 Å². The predicted molar refractivity (Wildman–Crippen MR) is 150 cm³/mol. The number of hydrogen-bond donors (Lipinski definition) is 0. The van der Waals surface area contributed by atoms with Gasteiger partial charge in [-0.2, -0.15) is 10.4 Å². The van der Waals surface area contributed by atoms with Crippen molar-refractivity contribution in [2.75, 3.05) is 7.11 Å². The number of hydrogen-bond acceptors (Lipinski definition) is 6. The van der Waals surface area contributed by atoms with Gasteiger partial charge < -0.3 is 4.74 Å². The summed E-state index contributed by atoms with van der Waals surface area (Å²) in [6, 6.07) is 16.3. The average molecular weight is 519 g/mol. The zero-order valence-electron chi connectivity index (χ0n) is 22.1. The highest BCUT2D eigenvalue weighted by Crippen LogP contribution is 2.37. The third-order valence-corrected chi connectivity index (χ3v) is 8.12. The Morgan fingerprint density at radius 1 is 1.13 bits per heavy atom. The standard InChI is InChI=1S/C31H30N6O2/c1-20(22-7-8-24-16-26(39-2)10-9-23(24)15-22)31(38)36-14-12-27-29(33-19-34-30(27)36)25-17-35-37(18-25)28(11-13-32)21-5-3-4-6-21/h7-10,12,14-21,28H,3-6,11H2,1-2H3/t20-,28+/m0/s1. The highest BCUT2D eigenvalue weighted by atomic mass is 16.5. The van der Waals surface area contributed by atoms with Crippen molar-refractivity contribution < 1.29 is 9.53 Å². The minimum Gasteiger partial charge on any atom is -0.497 e. The molecule has 1 aliphatic carbocycles. The number of rotatable bonds is 7. The first kappa shape index (κ1) is 24.8. The molecule has 1 saturated carbocycles. The first-order valence-corrected chi connectivity index (χ1v) is 13.4. The van der Waals surface area contributed by atoms with Crippen LogP contribution in [0, 0.1) is 17.2 Å². The lowest BCUT2D eigenvalue weighted by atomic mass is 9.96. The lowest BCUT2D eigenvalue weighted by Crippen LogP contribution is -2.17. The van der Waals surface area contributed by atoms with E-state index in [0.29, 0.717) is 18.0 Å². The maximum absolute atomic E-state index is 13.7. The van der Waals surface area contributed by atoms with E-state index in [1.165, 1.54) is 19.2 Å². The molecule has 0 amide bonds. The van der Waals surface area contributed by atoms with Gasteiger partial charge in [-0.25, -0.2) is 9.97 Å². The smallest absolute Gasteiger partial charge is 0.239 e. The molecule has 1 fully saturated rings. The number of benzene rings is 2. The summed E-state index contributed by atoms with van der Waals surface area (Å²) in [4.78, 5) is 22.7. The van der Waals surface area contributed by atoms with E-state index in [-0.39, 0.29) is 17.9 Å². The van der Waals surface area contributed by atoms with Crippen LogP contribution in [0.2, 0.25) is 0 Å². The maximum Gasteiger partial charge on any atom is 0.239 e. The maximum atomic E-state index is 13.7. The number of nitrogens with zero attached hydrogens (tertiary/aromatic N) is 6. The highest BCUT2D eigenvalue weighted by Gasteiger charge is 2.27. The van der Waals surface area contributed by atoms with Gasteiger partial charge in [0.15, 0.2) is 5.65 Å². The summed E-state index contributed by atoms with van der Waals surface area (Å²) in [5, 5.41) is 17.0. The summed E-state index contributed by atoms with van der Waals surface area (Å²) in [5.74, 6) is 0.846. The number of fused-ring (bicyclic) bond motifs is 2. The van der Waals surface area contributed by atoms with Gasteiger partial charge in [-0.05, 0) is 60.2 Å². The normalized spacial score (nSPS) is 15.4. The molecular formula is C31H30N6O2. The van der Waals surface area contributed by atoms with Gasteiger partial charge in [-0.1, -0.05) is 37.1 Å². The van der Waals surface area contributed by atoms with Crippen LogP contribution in [-0.4, -0.2) is 37.3 Å². The Kier molecular flexibility index (Phi) is 6.57. The van der Waals surface area contributed by atoms with Gasteiger partial charge >= 0.3 is 0 Å². The molecule has 0 spiro atoms. The van der Waals surface area contributed by atoms with E-state index in [1.807, 2.05) is 54.2 Å². The van der Waals surface area contributed by atoms with Crippen LogP contribution >= 0.6 is 0 Å². The Hall–Kier alpha value is -4.51. The van der Waals surface area contributed by atoms with E-state index in [0.717, 1.165) is 51.6 Å². The zero-order chi connectivity index (χ0) is 26.9. The molecule has 8 heteroatoms. The fourth-order valence-electron chi connectivity index (χ4n) is 5.90. The van der Waals surface area contributed by atoms with Crippen molar-refractivity contribution in [3.05, 3.63) is 72.9 Å². The Labute approximate surface area is 226 Å². The first-order chi connectivity index (χ1) is 19.1. The average Bonchev–Trinajstić information content (AvgIpc) is 3.76. The lowest BCUT2D eigenvalue weighted by Gasteiger charge is -2.21. The first-order valence-electron chi connectivity index (χ1n) is 13.4. The van der Waals surface area contributed by atoms with Crippen LogP contribution in [0.5, 0.6) is 5.75 Å². The summed E-state index contributed by atoms with van der Waals surface area (Å²) in [6.07, 6.45) is 12.2. The quantitative estimate of drug-likeness (QED) is 0.242. The largest absolute Gasteiger partial charge is 0.497 e. The van der Waals surface area contributed by atoms with E-state index in [4.69, 9.17) is 4.74 Å². The molecule has 5 aromatic rings. The van der Waals surface area contributed by atoms with E-state index in [9.17, 15) is 10.1 Å². The predicted octanol–water partition coefficient (Wildman–Crippen LogP) is 6.55. The van der Waals surface area contributed by atoms with E-state index in [1.54, 1.807) is 24.1 Å². The number of ether oxygens (including phenoxy) is 1. The highest BCUT2D eigenvalue weighted by molar-refractivity contribution is 5.99. The van der Waals surface area contributed by atoms with E-state index < -0.39 is 0 Å². The Morgan fingerprint density at radius 2 is 1.92 bits per heavy atom. The van der Waals surface area contributed by atoms with Crippen molar-refractivity contribution in [2.45, 2.75) is 51.0 Å². The summed E-state index contributed by atoms with van der Waals surface area (Å²) < 4.78 is 8.88. The monoisotopic (exact) mass is 518 g/mol. The van der Waals surface area contributed by atoms with Gasteiger partial charge in [0, 0.05) is 23.3 Å². The van der Waals surface area contributed by atoms with Crippen molar-refractivity contribution >= 4 is 27.7 Å². The number of carbonyl (C=O) groups is 1. The topological polar surface area (TPSA) is 98.6 Å². The van der Waals surface area contributed by atoms with Crippen LogP contribution in [0.4, 0.5) is 0 Å². The molecule has 0 aliphatic heterocycles. The fourth-order valence-corrected chi connectivity index (χ4v) is 5.90. The molecule has 0 saturated heterocycles. The van der Waals surface area contributed by atoms with Crippen molar-refractivity contribution in [1.29, 1.82) is 5.26 Å². The van der Waals surface area contributed by atoms with Crippen LogP contribution in [0.15, 0.2) is 67.4 Å². The van der Waals surface area contributed by atoms with Crippen LogP contribution in [-0.2, 0) is 0 Å². The molecule has 2 atom stereocenters. The molecule has 1 aliphatic rings. The second-order valence-electron chi connectivity index (χ2n) is 10.4. The van der Waals surface area contributed by atoms with Crippen LogP contribution in [0.1, 0.15) is 61.3 Å². The molecule has 0 radical (unpaired) electrons. The van der Waals surface area contributed by atoms with Crippen molar-refractivity contribution in [2.24, 2.45) is 5.92 Å². The van der Waals surface area contributed by atoms with Crippen LogP contribution < -0.4 is 4.74 Å². The molecule has 8 nitrogen and oxygen atoms in total. The van der Waals surface area contributed by atoms with E-state index in [2.05, 4.69) is 27.2 Å². The van der Waals surface area contributed by atoms with Gasteiger partial charge in [0.25, 0.3) is 0 Å². The summed E-state index contributed by atoms with van der Waals surface area (Å²) in [7, 11) is 1.65. The number of methoxy groups -OCH3 is 1. The molecule has 39 heavy (non-hydrogen) atoms. The lowest BCUT2D eigenvalue weighted by molar-refractivity contribution is 0.0889. The Balaban J connectivity index is 1.30. The molecule has 0 N–H and O–H groups in total. The third kappa shape index (κ3) is 4.54. The van der Waals surface area contributed by atoms with Crippen LogP contribution in [0.25, 0.3) is 33.1 Å². The third-order valence-electron chi connectivity index (χ3n) is 8.12. The second kappa shape index (κ2) is 10.3. The summed E-state index contributed by atoms with van der Waals surface area (Å²) in [5.41, 5.74) is 3.09. The second-order valence-corrected chi connectivity index (χ2v) is 10.4.